The van der Waals surface area contributed by atoms with E-state index in [0.717, 1.165) is 17.2 Å². The van der Waals surface area contributed by atoms with Crippen LogP contribution in [0.25, 0.3) is 11.3 Å². The van der Waals surface area contributed by atoms with Crippen LogP contribution >= 0.6 is 0 Å². The molecule has 0 radical (unpaired) electrons. The Morgan fingerprint density at radius 3 is 2.25 bits per heavy atom. The van der Waals surface area contributed by atoms with Crippen molar-refractivity contribution in [2.45, 2.75) is 20.0 Å². The molecule has 1 aromatic carbocycles. The third-order valence-electron chi connectivity index (χ3n) is 3.04. The maximum absolute atomic E-state index is 12.8. The molecule has 0 bridgehead atoms. The number of benzene rings is 1. The van der Waals surface area contributed by atoms with Crippen LogP contribution in [0.1, 0.15) is 16.8 Å². The van der Waals surface area contributed by atoms with Crippen LogP contribution in [0.2, 0.25) is 0 Å². The van der Waals surface area contributed by atoms with Crippen molar-refractivity contribution in [3.05, 3.63) is 41.1 Å². The number of nitrogens with zero attached hydrogens (tertiary/aromatic N) is 2. The van der Waals surface area contributed by atoms with Crippen molar-refractivity contribution in [3.8, 4) is 11.3 Å². The van der Waals surface area contributed by atoms with Crippen LogP contribution in [0, 0.1) is 13.8 Å². The molecule has 0 aliphatic carbocycles. The zero-order valence-electron chi connectivity index (χ0n) is 11.3. The zero-order valence-corrected chi connectivity index (χ0v) is 11.3. The van der Waals surface area contributed by atoms with Crippen LogP contribution in [-0.2, 0) is 6.18 Å². The van der Waals surface area contributed by atoms with E-state index in [-0.39, 0.29) is 11.6 Å². The summed E-state index contributed by atoms with van der Waals surface area (Å²) in [5, 5.41) is 2.55. The largest absolute Gasteiger partial charge is 0.433 e. The molecule has 106 valence electrons. The zero-order chi connectivity index (χ0) is 14.9. The van der Waals surface area contributed by atoms with E-state index in [4.69, 9.17) is 0 Å². The van der Waals surface area contributed by atoms with Gasteiger partial charge in [-0.25, -0.2) is 9.97 Å². The van der Waals surface area contributed by atoms with Crippen molar-refractivity contribution in [1.82, 2.24) is 9.97 Å². The molecule has 20 heavy (non-hydrogen) atoms. The van der Waals surface area contributed by atoms with Crippen molar-refractivity contribution in [2.75, 3.05) is 12.4 Å². The van der Waals surface area contributed by atoms with E-state index in [0.29, 0.717) is 5.56 Å². The Kier molecular flexibility index (Phi) is 3.65. The van der Waals surface area contributed by atoms with Crippen LogP contribution in [0.15, 0.2) is 24.3 Å². The van der Waals surface area contributed by atoms with Gasteiger partial charge < -0.3 is 5.32 Å². The highest BCUT2D eigenvalue weighted by Crippen LogP contribution is 2.31. The summed E-state index contributed by atoms with van der Waals surface area (Å²) in [5.74, 6) is -0.0481. The second-order valence-corrected chi connectivity index (χ2v) is 4.51. The molecule has 0 spiro atoms. The first-order valence-corrected chi connectivity index (χ1v) is 6.03. The monoisotopic (exact) mass is 281 g/mol. The number of halogens is 3. The van der Waals surface area contributed by atoms with Crippen LogP contribution < -0.4 is 5.32 Å². The molecule has 3 nitrogen and oxygen atoms in total. The molecule has 2 rings (SSSR count). The number of hydrogen-bond acceptors (Lipinski definition) is 3. The maximum Gasteiger partial charge on any atom is 0.433 e. The molecule has 1 heterocycles. The molecule has 1 aromatic heterocycles. The topological polar surface area (TPSA) is 37.8 Å². The van der Waals surface area contributed by atoms with Gasteiger partial charge in [-0.2, -0.15) is 13.2 Å². The van der Waals surface area contributed by atoms with Gasteiger partial charge in [0, 0.05) is 12.6 Å². The van der Waals surface area contributed by atoms with Gasteiger partial charge >= 0.3 is 6.18 Å². The number of aromatic nitrogens is 2. The van der Waals surface area contributed by atoms with Gasteiger partial charge in [0.2, 0.25) is 5.95 Å². The second-order valence-electron chi connectivity index (χ2n) is 4.51. The maximum atomic E-state index is 12.8. The standard InChI is InChI=1S/C14H14F3N3/c1-8-4-5-10(6-9(8)2)11-7-12(14(15,16)17)20-13(18-3)19-11/h4-7H,1-3H3,(H,18,19,20). The van der Waals surface area contributed by atoms with E-state index in [1.54, 1.807) is 6.07 Å². The number of nitrogens with one attached hydrogen (secondary N) is 1. The Morgan fingerprint density at radius 2 is 1.70 bits per heavy atom. The van der Waals surface area contributed by atoms with E-state index < -0.39 is 11.9 Å². The molecule has 0 atom stereocenters. The van der Waals surface area contributed by atoms with Gasteiger partial charge in [0.15, 0.2) is 5.69 Å². The summed E-state index contributed by atoms with van der Waals surface area (Å²) >= 11 is 0. The average Bonchev–Trinajstić information content (AvgIpc) is 2.40. The smallest absolute Gasteiger partial charge is 0.357 e. The summed E-state index contributed by atoms with van der Waals surface area (Å²) in [5.41, 5.74) is 2.01. The fraction of sp³-hybridized carbons (Fsp3) is 0.286. The average molecular weight is 281 g/mol. The SMILES string of the molecule is CNc1nc(-c2ccc(C)c(C)c2)cc(C(F)(F)F)n1. The van der Waals surface area contributed by atoms with Crippen LogP contribution in [0.4, 0.5) is 19.1 Å². The third-order valence-corrected chi connectivity index (χ3v) is 3.04. The van der Waals surface area contributed by atoms with Crippen molar-refractivity contribution in [3.63, 3.8) is 0 Å². The predicted octanol–water partition coefficient (Wildman–Crippen LogP) is 3.82. The molecular formula is C14H14F3N3. The number of alkyl halides is 3. The third kappa shape index (κ3) is 2.89. The van der Waals surface area contributed by atoms with E-state index in [1.165, 1.54) is 7.05 Å². The van der Waals surface area contributed by atoms with Crippen LogP contribution in [0.5, 0.6) is 0 Å². The minimum atomic E-state index is -4.50. The van der Waals surface area contributed by atoms with Gasteiger partial charge in [0.25, 0.3) is 0 Å². The molecule has 0 aliphatic rings. The highest BCUT2D eigenvalue weighted by Gasteiger charge is 2.33. The van der Waals surface area contributed by atoms with Gasteiger partial charge in [0.1, 0.15) is 0 Å². The molecule has 0 amide bonds. The second kappa shape index (κ2) is 5.11. The lowest BCUT2D eigenvalue weighted by atomic mass is 10.0. The molecule has 0 saturated carbocycles. The van der Waals surface area contributed by atoms with Crippen molar-refractivity contribution < 1.29 is 13.2 Å². The fourth-order valence-electron chi connectivity index (χ4n) is 1.75. The predicted molar refractivity (Wildman–Crippen MR) is 71.5 cm³/mol. The number of rotatable bonds is 2. The van der Waals surface area contributed by atoms with Gasteiger partial charge in [-0.15, -0.1) is 0 Å². The summed E-state index contributed by atoms with van der Waals surface area (Å²) < 4.78 is 38.5. The van der Waals surface area contributed by atoms with Gasteiger partial charge in [-0.3, -0.25) is 0 Å². The van der Waals surface area contributed by atoms with Crippen molar-refractivity contribution >= 4 is 5.95 Å². The minimum Gasteiger partial charge on any atom is -0.357 e. The molecule has 1 N–H and O–H groups in total. The summed E-state index contributed by atoms with van der Waals surface area (Å²) in [4.78, 5) is 7.53. The van der Waals surface area contributed by atoms with Crippen molar-refractivity contribution in [2.24, 2.45) is 0 Å². The van der Waals surface area contributed by atoms with Gasteiger partial charge in [-0.1, -0.05) is 12.1 Å². The lowest BCUT2D eigenvalue weighted by Gasteiger charge is -2.11. The fourth-order valence-corrected chi connectivity index (χ4v) is 1.75. The van der Waals surface area contributed by atoms with Gasteiger partial charge in [0.05, 0.1) is 5.69 Å². The summed E-state index contributed by atoms with van der Waals surface area (Å²) in [6.45, 7) is 3.85. The molecular weight excluding hydrogens is 267 g/mol. The van der Waals surface area contributed by atoms with E-state index >= 15 is 0 Å². The van der Waals surface area contributed by atoms with E-state index in [2.05, 4.69) is 15.3 Å². The number of hydrogen-bond donors (Lipinski definition) is 1. The summed E-state index contributed by atoms with van der Waals surface area (Å²) in [7, 11) is 1.49. The summed E-state index contributed by atoms with van der Waals surface area (Å²) in [6, 6.07) is 6.39. The molecule has 0 saturated heterocycles. The molecule has 0 aliphatic heterocycles. The lowest BCUT2D eigenvalue weighted by molar-refractivity contribution is -0.141. The Bertz CT molecular complexity index is 636. The first kappa shape index (κ1) is 14.3. The highest BCUT2D eigenvalue weighted by molar-refractivity contribution is 5.62. The number of anilines is 1. The molecule has 2 aromatic rings. The Morgan fingerprint density at radius 1 is 1.00 bits per heavy atom. The first-order valence-electron chi connectivity index (χ1n) is 6.03. The van der Waals surface area contributed by atoms with Crippen molar-refractivity contribution in [1.29, 1.82) is 0 Å². The van der Waals surface area contributed by atoms with Crippen LogP contribution in [0.3, 0.4) is 0 Å². The molecule has 0 unspecified atom stereocenters. The highest BCUT2D eigenvalue weighted by atomic mass is 19.4. The normalized spacial score (nSPS) is 11.5. The summed E-state index contributed by atoms with van der Waals surface area (Å²) in [6.07, 6.45) is -4.50. The van der Waals surface area contributed by atoms with E-state index in [1.807, 2.05) is 26.0 Å². The quantitative estimate of drug-likeness (QED) is 0.909. The first-order chi connectivity index (χ1) is 9.31. The lowest BCUT2D eigenvalue weighted by Crippen LogP contribution is -2.11. The molecule has 0 fully saturated rings. The Balaban J connectivity index is 2.58. The number of aryl methyl sites for hydroxylation is 2. The minimum absolute atomic E-state index is 0.0481. The van der Waals surface area contributed by atoms with Gasteiger partial charge in [-0.05, 0) is 37.1 Å². The van der Waals surface area contributed by atoms with Crippen LogP contribution in [-0.4, -0.2) is 17.0 Å². The Hall–Kier alpha value is -2.11. The Labute approximate surface area is 114 Å². The molecule has 6 heteroatoms. The van der Waals surface area contributed by atoms with E-state index in [9.17, 15) is 13.2 Å².